The van der Waals surface area contributed by atoms with Gasteiger partial charge in [-0.1, -0.05) is 27.7 Å². The van der Waals surface area contributed by atoms with Crippen LogP contribution in [0.1, 0.15) is 47.0 Å². The Morgan fingerprint density at radius 3 is 2.43 bits per heavy atom. The van der Waals surface area contributed by atoms with E-state index in [0.29, 0.717) is 6.04 Å². The van der Waals surface area contributed by atoms with E-state index in [1.165, 1.54) is 19.3 Å². The molecule has 1 rings (SSSR count). The SMILES string of the molecule is CC(C)NC1(CN)CCC(C)C(C)C1. The molecule has 0 bridgehead atoms. The zero-order chi connectivity index (χ0) is 10.8. The van der Waals surface area contributed by atoms with Gasteiger partial charge in [-0.15, -0.1) is 0 Å². The second-order valence-electron chi connectivity index (χ2n) is 5.48. The van der Waals surface area contributed by atoms with Crippen LogP contribution >= 0.6 is 0 Å². The van der Waals surface area contributed by atoms with Crippen LogP contribution in [0, 0.1) is 11.8 Å². The van der Waals surface area contributed by atoms with Gasteiger partial charge >= 0.3 is 0 Å². The first-order valence-corrected chi connectivity index (χ1v) is 5.97. The van der Waals surface area contributed by atoms with Gasteiger partial charge in [-0.3, -0.25) is 0 Å². The zero-order valence-corrected chi connectivity index (χ0v) is 10.1. The maximum atomic E-state index is 5.93. The molecule has 0 radical (unpaired) electrons. The minimum absolute atomic E-state index is 0.222. The van der Waals surface area contributed by atoms with Crippen LogP contribution in [-0.2, 0) is 0 Å². The van der Waals surface area contributed by atoms with Crippen LogP contribution < -0.4 is 11.1 Å². The van der Waals surface area contributed by atoms with Gasteiger partial charge in [0.15, 0.2) is 0 Å². The van der Waals surface area contributed by atoms with Crippen LogP contribution in [0.3, 0.4) is 0 Å². The first-order valence-electron chi connectivity index (χ1n) is 5.97. The van der Waals surface area contributed by atoms with Crippen molar-refractivity contribution in [1.29, 1.82) is 0 Å². The number of rotatable bonds is 3. The molecule has 0 heterocycles. The summed E-state index contributed by atoms with van der Waals surface area (Å²) in [6.07, 6.45) is 3.80. The average molecular weight is 198 g/mol. The van der Waals surface area contributed by atoms with Crippen molar-refractivity contribution in [2.24, 2.45) is 17.6 Å². The van der Waals surface area contributed by atoms with Crippen molar-refractivity contribution in [3.63, 3.8) is 0 Å². The quantitative estimate of drug-likeness (QED) is 0.729. The van der Waals surface area contributed by atoms with Gasteiger partial charge in [0.1, 0.15) is 0 Å². The fourth-order valence-electron chi connectivity index (χ4n) is 2.70. The van der Waals surface area contributed by atoms with Crippen LogP contribution in [0.4, 0.5) is 0 Å². The summed E-state index contributed by atoms with van der Waals surface area (Å²) in [6.45, 7) is 9.92. The van der Waals surface area contributed by atoms with Crippen LogP contribution in [-0.4, -0.2) is 18.1 Å². The van der Waals surface area contributed by atoms with Crippen molar-refractivity contribution < 1.29 is 0 Å². The van der Waals surface area contributed by atoms with Crippen molar-refractivity contribution in [1.82, 2.24) is 5.32 Å². The molecule has 0 aromatic carbocycles. The Bertz CT molecular complexity index is 179. The van der Waals surface area contributed by atoms with Gasteiger partial charge in [0, 0.05) is 18.1 Å². The standard InChI is InChI=1S/C12H26N2/c1-9(2)14-12(8-13)6-5-10(3)11(4)7-12/h9-11,14H,5-8,13H2,1-4H3. The molecular formula is C12H26N2. The molecule has 3 N–H and O–H groups in total. The minimum Gasteiger partial charge on any atom is -0.329 e. The Kier molecular flexibility index (Phi) is 3.96. The molecule has 1 aliphatic carbocycles. The molecule has 0 aliphatic heterocycles. The van der Waals surface area contributed by atoms with E-state index >= 15 is 0 Å². The van der Waals surface area contributed by atoms with Gasteiger partial charge in [-0.25, -0.2) is 0 Å². The maximum Gasteiger partial charge on any atom is 0.0308 e. The molecule has 0 spiro atoms. The Balaban J connectivity index is 2.61. The molecule has 14 heavy (non-hydrogen) atoms. The topological polar surface area (TPSA) is 38.0 Å². The first-order chi connectivity index (χ1) is 6.49. The summed E-state index contributed by atoms with van der Waals surface area (Å²) in [5.41, 5.74) is 6.15. The third-order valence-electron chi connectivity index (χ3n) is 3.75. The summed E-state index contributed by atoms with van der Waals surface area (Å²) in [6, 6.07) is 0.541. The molecule has 2 heteroatoms. The van der Waals surface area contributed by atoms with E-state index in [-0.39, 0.29) is 5.54 Å². The van der Waals surface area contributed by atoms with Crippen molar-refractivity contribution in [2.45, 2.75) is 58.5 Å². The van der Waals surface area contributed by atoms with Crippen LogP contribution in [0.15, 0.2) is 0 Å². The molecule has 0 aromatic rings. The second kappa shape index (κ2) is 4.63. The summed E-state index contributed by atoms with van der Waals surface area (Å²) in [4.78, 5) is 0. The molecule has 1 fully saturated rings. The molecule has 1 saturated carbocycles. The van der Waals surface area contributed by atoms with E-state index in [1.54, 1.807) is 0 Å². The molecule has 0 saturated heterocycles. The van der Waals surface area contributed by atoms with Crippen molar-refractivity contribution in [3.8, 4) is 0 Å². The number of nitrogens with two attached hydrogens (primary N) is 1. The molecule has 1 aliphatic rings. The smallest absolute Gasteiger partial charge is 0.0308 e. The summed E-state index contributed by atoms with van der Waals surface area (Å²) < 4.78 is 0. The molecule has 84 valence electrons. The Morgan fingerprint density at radius 1 is 1.36 bits per heavy atom. The van der Waals surface area contributed by atoms with Crippen molar-refractivity contribution in [3.05, 3.63) is 0 Å². The molecular weight excluding hydrogens is 172 g/mol. The van der Waals surface area contributed by atoms with E-state index < -0.39 is 0 Å². The largest absolute Gasteiger partial charge is 0.329 e. The van der Waals surface area contributed by atoms with Gasteiger partial charge in [0.2, 0.25) is 0 Å². The number of hydrogen-bond acceptors (Lipinski definition) is 2. The van der Waals surface area contributed by atoms with E-state index in [1.807, 2.05) is 0 Å². The normalized spacial score (nSPS) is 39.0. The summed E-state index contributed by atoms with van der Waals surface area (Å²) >= 11 is 0. The number of nitrogens with one attached hydrogen (secondary N) is 1. The van der Waals surface area contributed by atoms with Gasteiger partial charge in [0.25, 0.3) is 0 Å². The highest BCUT2D eigenvalue weighted by atomic mass is 15.0. The highest BCUT2D eigenvalue weighted by Crippen LogP contribution is 2.35. The summed E-state index contributed by atoms with van der Waals surface area (Å²) in [7, 11) is 0. The van der Waals surface area contributed by atoms with Gasteiger partial charge in [-0.05, 0) is 31.1 Å². The Morgan fingerprint density at radius 2 is 2.00 bits per heavy atom. The van der Waals surface area contributed by atoms with E-state index in [9.17, 15) is 0 Å². The molecule has 0 amide bonds. The third kappa shape index (κ3) is 2.71. The molecule has 2 nitrogen and oxygen atoms in total. The first kappa shape index (κ1) is 12.0. The van der Waals surface area contributed by atoms with Crippen LogP contribution in [0.5, 0.6) is 0 Å². The van der Waals surface area contributed by atoms with Gasteiger partial charge in [0.05, 0.1) is 0 Å². The molecule has 0 aromatic heterocycles. The van der Waals surface area contributed by atoms with Crippen molar-refractivity contribution in [2.75, 3.05) is 6.54 Å². The Labute approximate surface area is 88.6 Å². The van der Waals surface area contributed by atoms with Gasteiger partial charge in [-0.2, -0.15) is 0 Å². The fraction of sp³-hybridized carbons (Fsp3) is 1.00. The predicted molar refractivity (Wildman–Crippen MR) is 62.2 cm³/mol. The Hall–Kier alpha value is -0.0800. The average Bonchev–Trinajstić information content (AvgIpc) is 2.11. The summed E-state index contributed by atoms with van der Waals surface area (Å²) in [5, 5.41) is 3.67. The number of hydrogen-bond donors (Lipinski definition) is 2. The second-order valence-corrected chi connectivity index (χ2v) is 5.48. The highest BCUT2D eigenvalue weighted by Gasteiger charge is 2.36. The lowest BCUT2D eigenvalue weighted by Gasteiger charge is -2.44. The van der Waals surface area contributed by atoms with E-state index in [2.05, 4.69) is 33.0 Å². The lowest BCUT2D eigenvalue weighted by atomic mass is 9.71. The molecule has 3 unspecified atom stereocenters. The predicted octanol–water partition coefficient (Wildman–Crippen LogP) is 2.14. The molecule has 3 atom stereocenters. The fourth-order valence-corrected chi connectivity index (χ4v) is 2.70. The van der Waals surface area contributed by atoms with Crippen LogP contribution in [0.25, 0.3) is 0 Å². The third-order valence-corrected chi connectivity index (χ3v) is 3.75. The van der Waals surface area contributed by atoms with Crippen molar-refractivity contribution >= 4 is 0 Å². The zero-order valence-electron chi connectivity index (χ0n) is 10.1. The highest BCUT2D eigenvalue weighted by molar-refractivity contribution is 4.96. The maximum absolute atomic E-state index is 5.93. The monoisotopic (exact) mass is 198 g/mol. The lowest BCUT2D eigenvalue weighted by Crippen LogP contribution is -2.57. The van der Waals surface area contributed by atoms with Crippen LogP contribution in [0.2, 0.25) is 0 Å². The van der Waals surface area contributed by atoms with Gasteiger partial charge < -0.3 is 11.1 Å². The summed E-state index contributed by atoms with van der Waals surface area (Å²) in [5.74, 6) is 1.67. The lowest BCUT2D eigenvalue weighted by molar-refractivity contribution is 0.138. The van der Waals surface area contributed by atoms with E-state index in [4.69, 9.17) is 5.73 Å². The minimum atomic E-state index is 0.222. The van der Waals surface area contributed by atoms with E-state index in [0.717, 1.165) is 18.4 Å².